The molecule has 7 heteroatoms. The van der Waals surface area contributed by atoms with Crippen molar-refractivity contribution in [2.45, 2.75) is 29.6 Å². The molecule has 2 aromatic heterocycles. The Morgan fingerprint density at radius 3 is 2.82 bits per heavy atom. The number of hydrogen-bond acceptors (Lipinski definition) is 7. The highest BCUT2D eigenvalue weighted by atomic mass is 32.2. The van der Waals surface area contributed by atoms with E-state index in [9.17, 15) is 0 Å². The van der Waals surface area contributed by atoms with Gasteiger partial charge in [-0.2, -0.15) is 0 Å². The third kappa shape index (κ3) is 3.15. The van der Waals surface area contributed by atoms with E-state index in [4.69, 9.17) is 5.84 Å². The maximum Gasteiger partial charge on any atom is 0.156 e. The van der Waals surface area contributed by atoms with Crippen molar-refractivity contribution in [3.05, 3.63) is 23.0 Å². The van der Waals surface area contributed by atoms with Gasteiger partial charge in [0.25, 0.3) is 0 Å². The van der Waals surface area contributed by atoms with E-state index in [2.05, 4.69) is 20.4 Å². The van der Waals surface area contributed by atoms with Crippen LogP contribution in [0.5, 0.6) is 0 Å². The van der Waals surface area contributed by atoms with E-state index in [0.29, 0.717) is 5.82 Å². The summed E-state index contributed by atoms with van der Waals surface area (Å²) < 4.78 is 0.978. The van der Waals surface area contributed by atoms with Crippen molar-refractivity contribution in [3.63, 3.8) is 0 Å². The lowest BCUT2D eigenvalue weighted by Crippen LogP contribution is -2.10. The second kappa shape index (κ2) is 5.44. The van der Waals surface area contributed by atoms with Crippen molar-refractivity contribution in [3.8, 4) is 0 Å². The zero-order valence-corrected chi connectivity index (χ0v) is 11.2. The minimum atomic E-state index is 0.632. The molecule has 0 fully saturated rings. The molecule has 0 unspecified atom stereocenters. The van der Waals surface area contributed by atoms with Crippen LogP contribution in [0.25, 0.3) is 0 Å². The zero-order valence-electron chi connectivity index (χ0n) is 9.60. The van der Waals surface area contributed by atoms with Crippen LogP contribution in [0, 0.1) is 6.92 Å². The Bertz CT molecular complexity index is 489. The first-order chi connectivity index (χ1) is 8.21. The van der Waals surface area contributed by atoms with Crippen molar-refractivity contribution in [2.24, 2.45) is 5.84 Å². The molecule has 3 N–H and O–H groups in total. The molecule has 0 radical (unpaired) electrons. The zero-order chi connectivity index (χ0) is 12.3. The molecular weight excluding hydrogens is 254 g/mol. The highest BCUT2D eigenvalue weighted by molar-refractivity contribution is 8.01. The van der Waals surface area contributed by atoms with Gasteiger partial charge in [0, 0.05) is 23.6 Å². The maximum atomic E-state index is 5.38. The topological polar surface area (TPSA) is 76.7 Å². The van der Waals surface area contributed by atoms with E-state index >= 15 is 0 Å². The van der Waals surface area contributed by atoms with Crippen LogP contribution in [-0.2, 0) is 6.42 Å². The minimum Gasteiger partial charge on any atom is -0.308 e. The van der Waals surface area contributed by atoms with Crippen LogP contribution in [0.4, 0.5) is 5.82 Å². The highest BCUT2D eigenvalue weighted by Crippen LogP contribution is 2.29. The lowest BCUT2D eigenvalue weighted by Gasteiger charge is -2.04. The summed E-state index contributed by atoms with van der Waals surface area (Å²) in [4.78, 5) is 13.1. The van der Waals surface area contributed by atoms with Crippen molar-refractivity contribution in [2.75, 3.05) is 5.43 Å². The molecule has 0 aliphatic carbocycles. The Hall–Kier alpha value is -1.18. The van der Waals surface area contributed by atoms with Gasteiger partial charge in [0.1, 0.15) is 16.7 Å². The standard InChI is InChI=1S/C10H13N5S2/c1-3-7-13-8(15-11)4-9(14-7)17-10-12-6(2)5-16-10/h4-5H,3,11H2,1-2H3,(H,13,14,15). The van der Waals surface area contributed by atoms with Gasteiger partial charge in [0.15, 0.2) is 4.34 Å². The fourth-order valence-corrected chi connectivity index (χ4v) is 3.03. The first kappa shape index (κ1) is 12.3. The van der Waals surface area contributed by atoms with Crippen LogP contribution >= 0.6 is 23.1 Å². The van der Waals surface area contributed by atoms with Gasteiger partial charge in [0.05, 0.1) is 0 Å². The Morgan fingerprint density at radius 1 is 1.41 bits per heavy atom. The van der Waals surface area contributed by atoms with E-state index in [-0.39, 0.29) is 0 Å². The lowest BCUT2D eigenvalue weighted by molar-refractivity contribution is 0.888. The van der Waals surface area contributed by atoms with Crippen molar-refractivity contribution < 1.29 is 0 Å². The lowest BCUT2D eigenvalue weighted by atomic mass is 10.4. The smallest absolute Gasteiger partial charge is 0.156 e. The molecule has 0 aliphatic heterocycles. The predicted molar refractivity (Wildman–Crippen MR) is 70.2 cm³/mol. The molecular formula is C10H13N5S2. The van der Waals surface area contributed by atoms with Gasteiger partial charge in [0.2, 0.25) is 0 Å². The third-order valence-corrected chi connectivity index (χ3v) is 3.98. The van der Waals surface area contributed by atoms with E-state index in [0.717, 1.165) is 27.3 Å². The van der Waals surface area contributed by atoms with Crippen molar-refractivity contribution >= 4 is 28.9 Å². The van der Waals surface area contributed by atoms with Gasteiger partial charge in [-0.15, -0.1) is 11.3 Å². The maximum absolute atomic E-state index is 5.38. The molecule has 2 aromatic rings. The van der Waals surface area contributed by atoms with Gasteiger partial charge in [-0.25, -0.2) is 20.8 Å². The van der Waals surface area contributed by atoms with Crippen LogP contribution in [-0.4, -0.2) is 15.0 Å². The fourth-order valence-electron chi connectivity index (χ4n) is 1.23. The molecule has 90 valence electrons. The number of hydrogen-bond donors (Lipinski definition) is 2. The summed E-state index contributed by atoms with van der Waals surface area (Å²) in [5.41, 5.74) is 3.58. The molecule has 0 aromatic carbocycles. The molecule has 0 saturated carbocycles. The molecule has 0 amide bonds. The molecule has 2 heterocycles. The molecule has 5 nitrogen and oxygen atoms in total. The monoisotopic (exact) mass is 267 g/mol. The summed E-state index contributed by atoms with van der Waals surface area (Å²) >= 11 is 3.14. The number of aromatic nitrogens is 3. The summed E-state index contributed by atoms with van der Waals surface area (Å²) in [6, 6.07) is 1.82. The Balaban J connectivity index is 2.25. The number of nitrogens with zero attached hydrogens (tertiary/aromatic N) is 3. The quantitative estimate of drug-likeness (QED) is 0.502. The number of anilines is 1. The molecule has 0 atom stereocenters. The number of nitrogens with two attached hydrogens (primary N) is 1. The van der Waals surface area contributed by atoms with Gasteiger partial charge in [-0.3, -0.25) is 0 Å². The van der Waals surface area contributed by atoms with E-state index < -0.39 is 0 Å². The SMILES string of the molecule is CCc1nc(NN)cc(Sc2nc(C)cs2)n1. The van der Waals surface area contributed by atoms with E-state index in [1.807, 2.05) is 25.3 Å². The van der Waals surface area contributed by atoms with Crippen LogP contribution in [0.1, 0.15) is 18.4 Å². The van der Waals surface area contributed by atoms with Crippen molar-refractivity contribution in [1.29, 1.82) is 0 Å². The number of nitrogen functional groups attached to an aromatic ring is 1. The Labute approximate surface area is 108 Å². The summed E-state index contributed by atoms with van der Waals surface area (Å²) in [6.45, 7) is 3.99. The number of nitrogens with one attached hydrogen (secondary N) is 1. The average molecular weight is 267 g/mol. The van der Waals surface area contributed by atoms with Crippen LogP contribution in [0.3, 0.4) is 0 Å². The second-order valence-corrected chi connectivity index (χ2v) is 5.49. The largest absolute Gasteiger partial charge is 0.308 e. The molecule has 0 aliphatic rings. The number of hydrazine groups is 1. The number of rotatable bonds is 4. The summed E-state index contributed by atoms with van der Waals surface area (Å²) in [5.74, 6) is 6.78. The van der Waals surface area contributed by atoms with Crippen LogP contribution < -0.4 is 11.3 Å². The Kier molecular flexibility index (Phi) is 3.93. The van der Waals surface area contributed by atoms with Gasteiger partial charge >= 0.3 is 0 Å². The first-order valence-corrected chi connectivity index (χ1v) is 6.85. The van der Waals surface area contributed by atoms with Gasteiger partial charge < -0.3 is 5.43 Å². The fraction of sp³-hybridized carbons (Fsp3) is 0.300. The number of aryl methyl sites for hydroxylation is 2. The molecule has 2 rings (SSSR count). The van der Waals surface area contributed by atoms with E-state index in [1.165, 1.54) is 11.8 Å². The summed E-state index contributed by atoms with van der Waals surface area (Å²) in [6.07, 6.45) is 0.778. The third-order valence-electron chi connectivity index (χ3n) is 2.00. The van der Waals surface area contributed by atoms with Crippen LogP contribution in [0.2, 0.25) is 0 Å². The average Bonchev–Trinajstić information content (AvgIpc) is 2.74. The van der Waals surface area contributed by atoms with E-state index in [1.54, 1.807) is 11.3 Å². The summed E-state index contributed by atoms with van der Waals surface area (Å²) in [5, 5.41) is 2.88. The van der Waals surface area contributed by atoms with Gasteiger partial charge in [-0.05, 0) is 18.7 Å². The van der Waals surface area contributed by atoms with Gasteiger partial charge in [-0.1, -0.05) is 6.92 Å². The molecule has 0 saturated heterocycles. The second-order valence-electron chi connectivity index (χ2n) is 3.36. The Morgan fingerprint density at radius 2 is 2.24 bits per heavy atom. The van der Waals surface area contributed by atoms with Crippen molar-refractivity contribution in [1.82, 2.24) is 15.0 Å². The summed E-state index contributed by atoms with van der Waals surface area (Å²) in [7, 11) is 0. The highest BCUT2D eigenvalue weighted by Gasteiger charge is 2.07. The van der Waals surface area contributed by atoms with Crippen LogP contribution in [0.15, 0.2) is 20.8 Å². The number of thiazole rings is 1. The first-order valence-electron chi connectivity index (χ1n) is 5.16. The predicted octanol–water partition coefficient (Wildman–Crippen LogP) is 2.24. The molecule has 17 heavy (non-hydrogen) atoms. The normalized spacial score (nSPS) is 10.5. The molecule has 0 bridgehead atoms. The minimum absolute atomic E-state index is 0.632. The molecule has 0 spiro atoms.